The third-order valence-corrected chi connectivity index (χ3v) is 2.28. The van der Waals surface area contributed by atoms with Crippen LogP contribution in [-0.4, -0.2) is 24.1 Å². The van der Waals surface area contributed by atoms with Crippen LogP contribution in [0.2, 0.25) is 0 Å². The second-order valence-electron chi connectivity index (χ2n) is 3.56. The number of nitrogen functional groups attached to an aromatic ring is 1. The maximum atomic E-state index is 5.59. The van der Waals surface area contributed by atoms with Gasteiger partial charge in [0.1, 0.15) is 11.6 Å². The third kappa shape index (κ3) is 2.66. The van der Waals surface area contributed by atoms with Gasteiger partial charge in [0.2, 0.25) is 11.8 Å². The van der Waals surface area contributed by atoms with Gasteiger partial charge in [-0.05, 0) is 12.1 Å². The first-order valence-electron chi connectivity index (χ1n) is 5.11. The van der Waals surface area contributed by atoms with Gasteiger partial charge < -0.3 is 19.8 Å². The second-order valence-corrected chi connectivity index (χ2v) is 3.56. The van der Waals surface area contributed by atoms with E-state index in [1.54, 1.807) is 12.3 Å². The molecular formula is C11H14N4O2. The molecule has 0 saturated carbocycles. The van der Waals surface area contributed by atoms with E-state index in [-0.39, 0.29) is 5.95 Å². The summed E-state index contributed by atoms with van der Waals surface area (Å²) >= 11 is 0. The van der Waals surface area contributed by atoms with Crippen LogP contribution in [0.5, 0.6) is 5.88 Å². The van der Waals surface area contributed by atoms with Gasteiger partial charge in [0, 0.05) is 13.1 Å². The van der Waals surface area contributed by atoms with Crippen LogP contribution in [0.3, 0.4) is 0 Å². The van der Waals surface area contributed by atoms with Gasteiger partial charge in [0.25, 0.3) is 0 Å². The molecule has 0 saturated heterocycles. The molecule has 2 aromatic heterocycles. The predicted molar refractivity (Wildman–Crippen MR) is 63.8 cm³/mol. The Balaban J connectivity index is 2.18. The molecule has 6 heteroatoms. The highest BCUT2D eigenvalue weighted by Crippen LogP contribution is 2.18. The molecule has 0 fully saturated rings. The molecule has 0 radical (unpaired) electrons. The van der Waals surface area contributed by atoms with E-state index in [0.29, 0.717) is 18.2 Å². The molecule has 2 aromatic rings. The lowest BCUT2D eigenvalue weighted by Gasteiger charge is -2.17. The van der Waals surface area contributed by atoms with Gasteiger partial charge in [0.15, 0.2) is 0 Å². The lowest BCUT2D eigenvalue weighted by Crippen LogP contribution is -2.18. The number of ether oxygens (including phenoxy) is 1. The minimum Gasteiger partial charge on any atom is -0.481 e. The summed E-state index contributed by atoms with van der Waals surface area (Å²) in [6.07, 6.45) is 1.64. The molecule has 2 rings (SSSR count). The van der Waals surface area contributed by atoms with Gasteiger partial charge in [-0.1, -0.05) is 0 Å². The average Bonchev–Trinajstić information content (AvgIpc) is 2.81. The van der Waals surface area contributed by atoms with Crippen molar-refractivity contribution >= 4 is 11.8 Å². The Kier molecular flexibility index (Phi) is 3.13. The number of hydrogen-bond donors (Lipinski definition) is 1. The zero-order chi connectivity index (χ0) is 12.3. The summed E-state index contributed by atoms with van der Waals surface area (Å²) < 4.78 is 10.3. The molecule has 0 aliphatic heterocycles. The molecule has 17 heavy (non-hydrogen) atoms. The van der Waals surface area contributed by atoms with Crippen LogP contribution in [-0.2, 0) is 6.54 Å². The first kappa shape index (κ1) is 11.3. The number of nitrogens with zero attached hydrogens (tertiary/aromatic N) is 3. The van der Waals surface area contributed by atoms with E-state index in [4.69, 9.17) is 14.9 Å². The smallest absolute Gasteiger partial charge is 0.225 e. The van der Waals surface area contributed by atoms with Gasteiger partial charge in [-0.3, -0.25) is 0 Å². The van der Waals surface area contributed by atoms with Gasteiger partial charge in [-0.25, -0.2) is 0 Å². The van der Waals surface area contributed by atoms with Gasteiger partial charge >= 0.3 is 0 Å². The van der Waals surface area contributed by atoms with Gasteiger partial charge in [0.05, 0.1) is 19.9 Å². The summed E-state index contributed by atoms with van der Waals surface area (Å²) in [4.78, 5) is 9.96. The van der Waals surface area contributed by atoms with E-state index >= 15 is 0 Å². The molecule has 0 aromatic carbocycles. The summed E-state index contributed by atoms with van der Waals surface area (Å²) in [7, 11) is 3.43. The molecule has 0 atom stereocenters. The maximum absolute atomic E-state index is 5.59. The highest BCUT2D eigenvalue weighted by molar-refractivity contribution is 5.44. The minimum atomic E-state index is 0.186. The fraction of sp³-hybridized carbons (Fsp3) is 0.273. The van der Waals surface area contributed by atoms with E-state index in [9.17, 15) is 0 Å². The predicted octanol–water partition coefficient (Wildman–Crippen LogP) is 1.30. The topological polar surface area (TPSA) is 77.4 Å². The molecule has 0 unspecified atom stereocenters. The van der Waals surface area contributed by atoms with Crippen molar-refractivity contribution in [2.24, 2.45) is 0 Å². The number of nitrogens with two attached hydrogens (primary N) is 1. The van der Waals surface area contributed by atoms with E-state index in [2.05, 4.69) is 9.97 Å². The highest BCUT2D eigenvalue weighted by Gasteiger charge is 2.09. The Morgan fingerprint density at radius 2 is 2.29 bits per heavy atom. The second kappa shape index (κ2) is 4.73. The number of aromatic nitrogens is 2. The molecular weight excluding hydrogens is 220 g/mol. The fourth-order valence-electron chi connectivity index (χ4n) is 1.45. The number of anilines is 2. The standard InChI is InChI=1S/C11H14N4O2/c1-15(7-8-4-3-5-17-8)9-6-10(16-2)14-11(12)13-9/h3-6H,7H2,1-2H3,(H2,12,13,14). The molecule has 2 N–H and O–H groups in total. The number of hydrogen-bond acceptors (Lipinski definition) is 6. The van der Waals surface area contributed by atoms with Crippen LogP contribution in [0.1, 0.15) is 5.76 Å². The fourth-order valence-corrected chi connectivity index (χ4v) is 1.45. The quantitative estimate of drug-likeness (QED) is 0.859. The number of furan rings is 1. The minimum absolute atomic E-state index is 0.186. The zero-order valence-electron chi connectivity index (χ0n) is 9.75. The van der Waals surface area contributed by atoms with Crippen LogP contribution in [0.15, 0.2) is 28.9 Å². The van der Waals surface area contributed by atoms with Crippen molar-refractivity contribution in [2.45, 2.75) is 6.54 Å². The maximum Gasteiger partial charge on any atom is 0.225 e. The van der Waals surface area contributed by atoms with E-state index in [1.165, 1.54) is 7.11 Å². The molecule has 0 aliphatic carbocycles. The van der Waals surface area contributed by atoms with Crippen LogP contribution in [0.4, 0.5) is 11.8 Å². The first-order chi connectivity index (χ1) is 8.19. The van der Waals surface area contributed by atoms with E-state index < -0.39 is 0 Å². The normalized spacial score (nSPS) is 10.2. The van der Waals surface area contributed by atoms with Gasteiger partial charge in [-0.15, -0.1) is 0 Å². The van der Waals surface area contributed by atoms with Crippen molar-refractivity contribution in [3.05, 3.63) is 30.2 Å². The molecule has 90 valence electrons. The van der Waals surface area contributed by atoms with E-state index in [1.807, 2.05) is 24.1 Å². The Morgan fingerprint density at radius 3 is 2.94 bits per heavy atom. The Bertz CT molecular complexity index is 484. The molecule has 0 amide bonds. The molecule has 0 aliphatic rings. The van der Waals surface area contributed by atoms with Crippen LogP contribution >= 0.6 is 0 Å². The zero-order valence-corrected chi connectivity index (χ0v) is 9.75. The lowest BCUT2D eigenvalue weighted by molar-refractivity contribution is 0.397. The summed E-state index contributed by atoms with van der Waals surface area (Å²) in [5.74, 6) is 2.17. The summed E-state index contributed by atoms with van der Waals surface area (Å²) in [5.41, 5.74) is 5.59. The van der Waals surface area contributed by atoms with Crippen molar-refractivity contribution in [3.8, 4) is 5.88 Å². The molecule has 0 bridgehead atoms. The van der Waals surface area contributed by atoms with Crippen molar-refractivity contribution in [1.29, 1.82) is 0 Å². The van der Waals surface area contributed by atoms with Gasteiger partial charge in [-0.2, -0.15) is 9.97 Å². The highest BCUT2D eigenvalue weighted by atomic mass is 16.5. The van der Waals surface area contributed by atoms with Crippen molar-refractivity contribution in [1.82, 2.24) is 9.97 Å². The summed E-state index contributed by atoms with van der Waals surface area (Å²) in [6.45, 7) is 0.604. The monoisotopic (exact) mass is 234 g/mol. The van der Waals surface area contributed by atoms with Crippen LogP contribution in [0, 0.1) is 0 Å². The summed E-state index contributed by atoms with van der Waals surface area (Å²) in [6, 6.07) is 5.47. The number of rotatable bonds is 4. The molecule has 6 nitrogen and oxygen atoms in total. The molecule has 2 heterocycles. The average molecular weight is 234 g/mol. The van der Waals surface area contributed by atoms with Crippen molar-refractivity contribution in [2.75, 3.05) is 24.8 Å². The Hall–Kier alpha value is -2.24. The van der Waals surface area contributed by atoms with Crippen LogP contribution < -0.4 is 15.4 Å². The van der Waals surface area contributed by atoms with Crippen molar-refractivity contribution < 1.29 is 9.15 Å². The summed E-state index contributed by atoms with van der Waals surface area (Å²) in [5, 5.41) is 0. The first-order valence-corrected chi connectivity index (χ1v) is 5.11. The molecule has 0 spiro atoms. The lowest BCUT2D eigenvalue weighted by atomic mass is 10.4. The van der Waals surface area contributed by atoms with E-state index in [0.717, 1.165) is 5.76 Å². The van der Waals surface area contributed by atoms with Crippen molar-refractivity contribution in [3.63, 3.8) is 0 Å². The SMILES string of the molecule is COc1cc(N(C)Cc2ccco2)nc(N)n1. The van der Waals surface area contributed by atoms with Crippen LogP contribution in [0.25, 0.3) is 0 Å². The largest absolute Gasteiger partial charge is 0.481 e. The number of methoxy groups -OCH3 is 1. The Labute approximate surface area is 99.0 Å². The third-order valence-electron chi connectivity index (χ3n) is 2.28. The Morgan fingerprint density at radius 1 is 1.47 bits per heavy atom.